The van der Waals surface area contributed by atoms with Gasteiger partial charge < -0.3 is 4.74 Å². The third-order valence-corrected chi connectivity index (χ3v) is 5.85. The molecule has 2 rings (SSSR count). The highest BCUT2D eigenvalue weighted by Gasteiger charge is 2.43. The Hall–Kier alpha value is -1.64. The summed E-state index contributed by atoms with van der Waals surface area (Å²) in [6.07, 6.45) is 3.48. The second kappa shape index (κ2) is 8.16. The molecule has 4 atom stereocenters. The fourth-order valence-corrected chi connectivity index (χ4v) is 3.86. The van der Waals surface area contributed by atoms with E-state index in [1.807, 2.05) is 30.3 Å². The molecule has 1 aromatic rings. The van der Waals surface area contributed by atoms with Gasteiger partial charge in [-0.15, -0.1) is 0 Å². The zero-order chi connectivity index (χ0) is 18.6. The maximum Gasteiger partial charge on any atom is 0.319 e. The topological polar surface area (TPSA) is 43.4 Å². The van der Waals surface area contributed by atoms with E-state index in [0.717, 1.165) is 18.4 Å². The lowest BCUT2D eigenvalue weighted by Gasteiger charge is -2.38. The molecule has 0 heterocycles. The minimum Gasteiger partial charge on any atom is -0.461 e. The highest BCUT2D eigenvalue weighted by Crippen LogP contribution is 2.37. The summed E-state index contributed by atoms with van der Waals surface area (Å²) >= 11 is 0. The van der Waals surface area contributed by atoms with Crippen molar-refractivity contribution in [2.45, 2.75) is 66.4 Å². The molecule has 3 heteroatoms. The standard InChI is InChI=1S/C22H32O3/c1-15(2)19-12-11-16(3)13-20(19)25-21(24)22(5,17(4)23)14-18-9-7-6-8-10-18/h6-10,15-16,19-20H,11-14H2,1-5H3/t16-,19+,20-,22+/m1/s1. The number of hydrogen-bond acceptors (Lipinski definition) is 3. The number of benzene rings is 1. The minimum absolute atomic E-state index is 0.0781. The number of ether oxygens (including phenoxy) is 1. The van der Waals surface area contributed by atoms with Crippen molar-refractivity contribution in [3.63, 3.8) is 0 Å². The fraction of sp³-hybridized carbons (Fsp3) is 0.636. The lowest BCUT2D eigenvalue weighted by atomic mass is 9.75. The molecule has 138 valence electrons. The van der Waals surface area contributed by atoms with E-state index in [-0.39, 0.29) is 17.9 Å². The Morgan fingerprint density at radius 1 is 1.20 bits per heavy atom. The summed E-state index contributed by atoms with van der Waals surface area (Å²) in [5.41, 5.74) is -0.140. The van der Waals surface area contributed by atoms with Gasteiger partial charge in [-0.3, -0.25) is 9.59 Å². The van der Waals surface area contributed by atoms with Crippen LogP contribution in [0.3, 0.4) is 0 Å². The Bertz CT molecular complexity index is 593. The van der Waals surface area contributed by atoms with Crippen molar-refractivity contribution in [3.05, 3.63) is 35.9 Å². The van der Waals surface area contributed by atoms with Crippen LogP contribution in [-0.4, -0.2) is 17.9 Å². The van der Waals surface area contributed by atoms with Gasteiger partial charge in [-0.25, -0.2) is 0 Å². The molecular weight excluding hydrogens is 312 g/mol. The SMILES string of the molecule is CC(=O)[C@](C)(Cc1ccccc1)C(=O)O[C@@H]1C[C@H](C)CC[C@H]1C(C)C. The number of esters is 1. The smallest absolute Gasteiger partial charge is 0.319 e. The molecule has 0 bridgehead atoms. The van der Waals surface area contributed by atoms with Crippen LogP contribution in [0, 0.1) is 23.2 Å². The van der Waals surface area contributed by atoms with Crippen LogP contribution in [0.15, 0.2) is 30.3 Å². The Balaban J connectivity index is 2.17. The van der Waals surface area contributed by atoms with Crippen LogP contribution < -0.4 is 0 Å². The predicted octanol–water partition coefficient (Wildman–Crippen LogP) is 4.83. The van der Waals surface area contributed by atoms with Crippen LogP contribution in [0.4, 0.5) is 0 Å². The number of carbonyl (C=O) groups excluding carboxylic acids is 2. The average molecular weight is 344 g/mol. The van der Waals surface area contributed by atoms with Crippen molar-refractivity contribution in [2.24, 2.45) is 23.2 Å². The normalized spacial score (nSPS) is 26.1. The lowest BCUT2D eigenvalue weighted by molar-refractivity contribution is -0.169. The van der Waals surface area contributed by atoms with E-state index in [2.05, 4.69) is 20.8 Å². The summed E-state index contributed by atoms with van der Waals surface area (Å²) in [4.78, 5) is 25.3. The molecule has 0 aliphatic heterocycles. The van der Waals surface area contributed by atoms with E-state index < -0.39 is 5.41 Å². The molecule has 0 aromatic heterocycles. The summed E-state index contributed by atoms with van der Waals surface area (Å²) in [5.74, 6) is 0.918. The van der Waals surface area contributed by atoms with Crippen molar-refractivity contribution in [2.75, 3.05) is 0 Å². The first-order valence-corrected chi connectivity index (χ1v) is 9.50. The van der Waals surface area contributed by atoms with Gasteiger partial charge in [-0.05, 0) is 56.4 Å². The second-order valence-electron chi connectivity index (χ2n) is 8.32. The van der Waals surface area contributed by atoms with E-state index in [9.17, 15) is 9.59 Å². The lowest BCUT2D eigenvalue weighted by Crippen LogP contribution is -2.44. The highest BCUT2D eigenvalue weighted by molar-refractivity contribution is 6.02. The van der Waals surface area contributed by atoms with Crippen LogP contribution in [0.25, 0.3) is 0 Å². The van der Waals surface area contributed by atoms with Crippen molar-refractivity contribution < 1.29 is 14.3 Å². The Kier molecular flexibility index (Phi) is 6.42. The van der Waals surface area contributed by atoms with E-state index in [0.29, 0.717) is 24.2 Å². The van der Waals surface area contributed by atoms with Crippen molar-refractivity contribution in [1.29, 1.82) is 0 Å². The van der Waals surface area contributed by atoms with Gasteiger partial charge in [0.1, 0.15) is 17.3 Å². The molecule has 1 saturated carbocycles. The molecule has 1 aliphatic rings. The molecule has 0 spiro atoms. The first-order valence-electron chi connectivity index (χ1n) is 9.50. The third kappa shape index (κ3) is 4.71. The largest absolute Gasteiger partial charge is 0.461 e. The quantitative estimate of drug-likeness (QED) is 0.548. The summed E-state index contributed by atoms with van der Waals surface area (Å²) in [5, 5.41) is 0. The van der Waals surface area contributed by atoms with Crippen molar-refractivity contribution in [3.8, 4) is 0 Å². The zero-order valence-corrected chi connectivity index (χ0v) is 16.2. The Morgan fingerprint density at radius 2 is 1.84 bits per heavy atom. The van der Waals surface area contributed by atoms with E-state index >= 15 is 0 Å². The van der Waals surface area contributed by atoms with Crippen LogP contribution in [-0.2, 0) is 20.7 Å². The van der Waals surface area contributed by atoms with Gasteiger partial charge in [0.25, 0.3) is 0 Å². The number of Topliss-reactive ketones (excluding diaryl/α,β-unsaturated/α-hetero) is 1. The Morgan fingerprint density at radius 3 is 2.40 bits per heavy atom. The van der Waals surface area contributed by atoms with E-state index in [1.54, 1.807) is 6.92 Å². The first kappa shape index (κ1) is 19.7. The first-order chi connectivity index (χ1) is 11.7. The summed E-state index contributed by atoms with van der Waals surface area (Å²) in [6, 6.07) is 9.70. The predicted molar refractivity (Wildman–Crippen MR) is 100 cm³/mol. The van der Waals surface area contributed by atoms with Gasteiger partial charge in [0.2, 0.25) is 0 Å². The van der Waals surface area contributed by atoms with Crippen LogP contribution in [0.2, 0.25) is 0 Å². The molecule has 0 unspecified atom stereocenters. The molecule has 0 N–H and O–H groups in total. The molecule has 1 fully saturated rings. The summed E-state index contributed by atoms with van der Waals surface area (Å²) in [7, 11) is 0. The van der Waals surface area contributed by atoms with Gasteiger partial charge >= 0.3 is 5.97 Å². The van der Waals surface area contributed by atoms with Crippen molar-refractivity contribution in [1.82, 2.24) is 0 Å². The van der Waals surface area contributed by atoms with Gasteiger partial charge in [-0.1, -0.05) is 57.5 Å². The van der Waals surface area contributed by atoms with Crippen molar-refractivity contribution >= 4 is 11.8 Å². The maximum absolute atomic E-state index is 13.0. The van der Waals surface area contributed by atoms with Crippen LogP contribution in [0.1, 0.15) is 59.4 Å². The summed E-state index contributed by atoms with van der Waals surface area (Å²) < 4.78 is 5.97. The molecule has 0 amide bonds. The maximum atomic E-state index is 13.0. The molecule has 0 radical (unpaired) electrons. The van der Waals surface area contributed by atoms with Gasteiger partial charge in [0, 0.05) is 0 Å². The van der Waals surface area contributed by atoms with Crippen LogP contribution >= 0.6 is 0 Å². The van der Waals surface area contributed by atoms with Crippen LogP contribution in [0.5, 0.6) is 0 Å². The van der Waals surface area contributed by atoms with E-state index in [1.165, 1.54) is 13.3 Å². The number of ketones is 1. The molecule has 0 saturated heterocycles. The Labute approximate surface area is 152 Å². The fourth-order valence-electron chi connectivity index (χ4n) is 3.86. The van der Waals surface area contributed by atoms with Gasteiger partial charge in [0.05, 0.1) is 0 Å². The number of rotatable bonds is 6. The second-order valence-corrected chi connectivity index (χ2v) is 8.32. The number of carbonyl (C=O) groups is 2. The molecular formula is C22H32O3. The molecule has 25 heavy (non-hydrogen) atoms. The van der Waals surface area contributed by atoms with Gasteiger partial charge in [-0.2, -0.15) is 0 Å². The monoisotopic (exact) mass is 344 g/mol. The average Bonchev–Trinajstić information content (AvgIpc) is 2.55. The third-order valence-electron chi connectivity index (χ3n) is 5.85. The highest BCUT2D eigenvalue weighted by atomic mass is 16.5. The van der Waals surface area contributed by atoms with Gasteiger partial charge in [0.15, 0.2) is 0 Å². The van der Waals surface area contributed by atoms with E-state index in [4.69, 9.17) is 4.74 Å². The number of hydrogen-bond donors (Lipinski definition) is 0. The molecule has 1 aliphatic carbocycles. The summed E-state index contributed by atoms with van der Waals surface area (Å²) in [6.45, 7) is 9.81. The molecule has 1 aromatic carbocycles. The zero-order valence-electron chi connectivity index (χ0n) is 16.2. The molecule has 3 nitrogen and oxygen atoms in total. The minimum atomic E-state index is -1.12.